The molecule has 0 spiro atoms. The van der Waals surface area contributed by atoms with Gasteiger partial charge in [0.05, 0.1) is 35.0 Å². The molecule has 0 aromatic heterocycles. The van der Waals surface area contributed by atoms with Gasteiger partial charge in [0.1, 0.15) is 5.75 Å². The maximum absolute atomic E-state index is 12.6. The van der Waals surface area contributed by atoms with Crippen molar-refractivity contribution < 1.29 is 22.7 Å². The number of hydrogen-bond donors (Lipinski definition) is 0. The summed E-state index contributed by atoms with van der Waals surface area (Å²) >= 11 is 0. The number of nitrogens with zero attached hydrogens (tertiary/aromatic N) is 1. The van der Waals surface area contributed by atoms with Gasteiger partial charge in [-0.15, -0.1) is 0 Å². The van der Waals surface area contributed by atoms with Gasteiger partial charge in [-0.05, 0) is 58.9 Å². The van der Waals surface area contributed by atoms with Crippen LogP contribution in [0.5, 0.6) is 5.75 Å². The number of hydrogen-bond acceptors (Lipinski definition) is 5. The van der Waals surface area contributed by atoms with Crippen molar-refractivity contribution in [3.8, 4) is 5.75 Å². The van der Waals surface area contributed by atoms with E-state index >= 15 is 0 Å². The molecule has 1 atom stereocenters. The lowest BCUT2D eigenvalue weighted by molar-refractivity contribution is -0.152. The Morgan fingerprint density at radius 2 is 1.92 bits per heavy atom. The van der Waals surface area contributed by atoms with Gasteiger partial charge in [0.25, 0.3) is 0 Å². The van der Waals surface area contributed by atoms with Crippen LogP contribution in [0.15, 0.2) is 29.2 Å². The van der Waals surface area contributed by atoms with Gasteiger partial charge in [-0.2, -0.15) is 0 Å². The Balaban J connectivity index is 2.02. The summed E-state index contributed by atoms with van der Waals surface area (Å²) in [6.45, 7) is 10.5. The highest BCUT2D eigenvalue weighted by molar-refractivity contribution is 7.91. The molecule has 0 aliphatic carbocycles. The molecular weight excluding hydrogens is 354 g/mol. The molecule has 1 aromatic carbocycles. The lowest BCUT2D eigenvalue weighted by atomic mass is 10.0. The molecule has 0 N–H and O–H groups in total. The van der Waals surface area contributed by atoms with Gasteiger partial charge in [0, 0.05) is 13.0 Å². The molecule has 1 saturated heterocycles. The van der Waals surface area contributed by atoms with Crippen LogP contribution in [0.2, 0.25) is 0 Å². The van der Waals surface area contributed by atoms with Gasteiger partial charge in [-0.25, -0.2) is 8.42 Å². The number of rotatable bonds is 6. The van der Waals surface area contributed by atoms with Crippen LogP contribution in [0.3, 0.4) is 0 Å². The molecule has 1 aliphatic heterocycles. The molecule has 1 aliphatic rings. The van der Waals surface area contributed by atoms with E-state index in [0.29, 0.717) is 18.9 Å². The fourth-order valence-electron chi connectivity index (χ4n) is 2.89. The van der Waals surface area contributed by atoms with Gasteiger partial charge in [-0.3, -0.25) is 4.79 Å². The fourth-order valence-corrected chi connectivity index (χ4v) is 4.12. The predicted octanol–water partition coefficient (Wildman–Crippen LogP) is 2.66. The minimum absolute atomic E-state index is 0.0225. The number of morpholine rings is 1. The van der Waals surface area contributed by atoms with Gasteiger partial charge in [-0.1, -0.05) is 0 Å². The maximum Gasteiger partial charge on any atom is 0.224 e. The van der Waals surface area contributed by atoms with Crippen molar-refractivity contribution in [2.75, 3.05) is 18.9 Å². The Morgan fingerprint density at radius 3 is 2.50 bits per heavy atom. The van der Waals surface area contributed by atoms with Crippen molar-refractivity contribution in [3.05, 3.63) is 24.3 Å². The van der Waals surface area contributed by atoms with E-state index in [1.54, 1.807) is 17.0 Å². The quantitative estimate of drug-likeness (QED) is 0.755. The van der Waals surface area contributed by atoms with E-state index in [4.69, 9.17) is 9.47 Å². The molecule has 1 fully saturated rings. The second-order valence-corrected chi connectivity index (χ2v) is 9.75. The first-order valence-corrected chi connectivity index (χ1v) is 10.6. The molecule has 0 radical (unpaired) electrons. The zero-order valence-corrected chi connectivity index (χ0v) is 17.0. The van der Waals surface area contributed by atoms with E-state index in [1.165, 1.54) is 12.1 Å². The lowest BCUT2D eigenvalue weighted by Gasteiger charge is -2.44. The van der Waals surface area contributed by atoms with Crippen molar-refractivity contribution in [1.82, 2.24) is 4.90 Å². The third kappa shape index (κ3) is 5.20. The molecule has 7 heteroatoms. The SMILES string of the molecule is CC(C)Oc1ccc(S(=O)(=O)CCC(=O)N2CC(C)OCC2(C)C)cc1. The minimum atomic E-state index is -3.52. The summed E-state index contributed by atoms with van der Waals surface area (Å²) in [6.07, 6.45) is -0.0608. The molecular formula is C19H29NO5S. The van der Waals surface area contributed by atoms with E-state index in [0.717, 1.165) is 0 Å². The number of benzene rings is 1. The molecule has 1 heterocycles. The second kappa shape index (κ2) is 7.96. The Kier molecular flexibility index (Phi) is 6.34. The van der Waals surface area contributed by atoms with E-state index in [2.05, 4.69) is 0 Å². The lowest BCUT2D eigenvalue weighted by Crippen LogP contribution is -2.58. The van der Waals surface area contributed by atoms with Gasteiger partial charge < -0.3 is 14.4 Å². The summed E-state index contributed by atoms with van der Waals surface area (Å²) in [5.41, 5.74) is -0.427. The molecule has 146 valence electrons. The first-order chi connectivity index (χ1) is 12.0. The van der Waals surface area contributed by atoms with Crippen LogP contribution < -0.4 is 4.74 Å². The van der Waals surface area contributed by atoms with Gasteiger partial charge in [0.15, 0.2) is 9.84 Å². The molecule has 6 nitrogen and oxygen atoms in total. The van der Waals surface area contributed by atoms with E-state index in [-0.39, 0.29) is 35.2 Å². The Bertz CT molecular complexity index is 725. The Morgan fingerprint density at radius 1 is 1.31 bits per heavy atom. The number of amides is 1. The monoisotopic (exact) mass is 383 g/mol. The fraction of sp³-hybridized carbons (Fsp3) is 0.632. The molecule has 2 rings (SSSR count). The zero-order chi connectivity index (χ0) is 19.5. The number of carbonyl (C=O) groups is 1. The Labute approximate surface area is 156 Å². The molecule has 1 amide bonds. The van der Waals surface area contributed by atoms with Crippen LogP contribution in [-0.2, 0) is 19.4 Å². The molecule has 1 aromatic rings. The van der Waals surface area contributed by atoms with E-state index < -0.39 is 15.4 Å². The van der Waals surface area contributed by atoms with E-state index in [1.807, 2.05) is 34.6 Å². The van der Waals surface area contributed by atoms with Crippen LogP contribution in [0.4, 0.5) is 0 Å². The van der Waals surface area contributed by atoms with Crippen LogP contribution >= 0.6 is 0 Å². The average Bonchev–Trinajstić information content (AvgIpc) is 2.55. The standard InChI is InChI=1S/C19H29NO5S/c1-14(2)25-16-6-8-17(9-7-16)26(22,23)11-10-18(21)20-12-15(3)24-13-19(20,4)5/h6-9,14-15H,10-13H2,1-5H3. The van der Waals surface area contributed by atoms with Crippen molar-refractivity contribution in [3.63, 3.8) is 0 Å². The topological polar surface area (TPSA) is 72.9 Å². The summed E-state index contributed by atoms with van der Waals surface area (Å²) in [5, 5.41) is 0. The summed E-state index contributed by atoms with van der Waals surface area (Å²) in [4.78, 5) is 14.5. The molecule has 0 bridgehead atoms. The summed E-state index contributed by atoms with van der Waals surface area (Å²) in [5.74, 6) is 0.255. The van der Waals surface area contributed by atoms with Crippen molar-refractivity contribution in [1.29, 1.82) is 0 Å². The highest BCUT2D eigenvalue weighted by Crippen LogP contribution is 2.24. The number of sulfone groups is 1. The number of ether oxygens (including phenoxy) is 2. The summed E-state index contributed by atoms with van der Waals surface area (Å²) < 4.78 is 36.2. The van der Waals surface area contributed by atoms with Crippen molar-refractivity contribution in [2.45, 2.75) is 63.7 Å². The van der Waals surface area contributed by atoms with Crippen LogP contribution in [0.25, 0.3) is 0 Å². The third-order valence-corrected chi connectivity index (χ3v) is 6.06. The van der Waals surface area contributed by atoms with Crippen LogP contribution in [0, 0.1) is 0 Å². The highest BCUT2D eigenvalue weighted by atomic mass is 32.2. The van der Waals surface area contributed by atoms with E-state index in [9.17, 15) is 13.2 Å². The zero-order valence-electron chi connectivity index (χ0n) is 16.2. The normalized spacial score (nSPS) is 20.2. The van der Waals surface area contributed by atoms with Gasteiger partial charge >= 0.3 is 0 Å². The molecule has 26 heavy (non-hydrogen) atoms. The van der Waals surface area contributed by atoms with Crippen molar-refractivity contribution >= 4 is 15.7 Å². The first kappa shape index (κ1) is 20.7. The summed E-state index contributed by atoms with van der Waals surface area (Å²) in [7, 11) is -3.52. The third-order valence-electron chi connectivity index (χ3n) is 4.33. The average molecular weight is 384 g/mol. The smallest absolute Gasteiger partial charge is 0.224 e. The van der Waals surface area contributed by atoms with Crippen LogP contribution in [0.1, 0.15) is 41.0 Å². The van der Waals surface area contributed by atoms with Gasteiger partial charge in [0.2, 0.25) is 5.91 Å². The molecule has 0 saturated carbocycles. The number of carbonyl (C=O) groups excluding carboxylic acids is 1. The predicted molar refractivity (Wildman–Crippen MR) is 100 cm³/mol. The van der Waals surface area contributed by atoms with Crippen LogP contribution in [-0.4, -0.2) is 55.9 Å². The van der Waals surface area contributed by atoms with Crippen molar-refractivity contribution in [2.24, 2.45) is 0 Å². The first-order valence-electron chi connectivity index (χ1n) is 8.93. The summed E-state index contributed by atoms with van der Waals surface area (Å²) in [6, 6.07) is 6.33. The second-order valence-electron chi connectivity index (χ2n) is 7.65. The Hall–Kier alpha value is -1.60. The largest absolute Gasteiger partial charge is 0.491 e. The molecule has 1 unspecified atom stereocenters. The minimum Gasteiger partial charge on any atom is -0.491 e. The highest BCUT2D eigenvalue weighted by Gasteiger charge is 2.36. The maximum atomic E-state index is 12.6.